The van der Waals surface area contributed by atoms with E-state index in [-0.39, 0.29) is 22.6 Å². The molecule has 12 heteroatoms. The van der Waals surface area contributed by atoms with Crippen molar-refractivity contribution in [3.8, 4) is 5.75 Å². The number of hydrazine groups is 1. The first-order valence-electron chi connectivity index (χ1n) is 15.4. The molecule has 47 heavy (non-hydrogen) atoms. The van der Waals surface area contributed by atoms with Crippen LogP contribution >= 0.6 is 0 Å². The van der Waals surface area contributed by atoms with Crippen LogP contribution in [0.2, 0.25) is 0 Å². The van der Waals surface area contributed by atoms with Crippen LogP contribution < -0.4 is 9.46 Å². The summed E-state index contributed by atoms with van der Waals surface area (Å²) in [6, 6.07) is 26.2. The first-order chi connectivity index (χ1) is 22.6. The lowest BCUT2D eigenvalue weighted by Crippen LogP contribution is -2.46. The number of benzene rings is 4. The van der Waals surface area contributed by atoms with Crippen molar-refractivity contribution < 1.29 is 27.7 Å². The Hall–Kier alpha value is -5.07. The monoisotopic (exact) mass is 656 g/mol. The van der Waals surface area contributed by atoms with Gasteiger partial charge in [0.2, 0.25) is 10.0 Å². The van der Waals surface area contributed by atoms with E-state index in [1.807, 2.05) is 13.0 Å². The van der Waals surface area contributed by atoms with Gasteiger partial charge in [0, 0.05) is 23.3 Å². The molecular formula is C35H36N4O7S. The Labute approximate surface area is 274 Å². The van der Waals surface area contributed by atoms with Gasteiger partial charge in [0.25, 0.3) is 17.5 Å². The van der Waals surface area contributed by atoms with Gasteiger partial charge < -0.3 is 4.74 Å². The van der Waals surface area contributed by atoms with Crippen LogP contribution in [0.5, 0.6) is 5.75 Å². The second-order valence-corrected chi connectivity index (χ2v) is 13.0. The summed E-state index contributed by atoms with van der Waals surface area (Å²) in [6.45, 7) is 4.37. The summed E-state index contributed by atoms with van der Waals surface area (Å²) in [7, 11) is -4.15. The van der Waals surface area contributed by atoms with E-state index in [1.165, 1.54) is 46.4 Å². The van der Waals surface area contributed by atoms with E-state index in [4.69, 9.17) is 4.74 Å². The third kappa shape index (κ3) is 7.84. The Bertz CT molecular complexity index is 1830. The fourth-order valence-electron chi connectivity index (χ4n) is 5.25. The maximum absolute atomic E-state index is 14.4. The molecule has 0 spiro atoms. The highest BCUT2D eigenvalue weighted by atomic mass is 32.2. The SMILES string of the molecule is CCCCCOc1ccccc1[C@@H]1N(C(=O)c2ccc([N+](=O)[O-])cc2)N1C(=O)[C@H](Cc1ccccc1)NS(=O)(=O)c1ccc(C)cc1. The van der Waals surface area contributed by atoms with Crippen LogP contribution in [0.3, 0.4) is 0 Å². The van der Waals surface area contributed by atoms with Gasteiger partial charge in [-0.3, -0.25) is 19.7 Å². The number of hydrogen-bond donors (Lipinski definition) is 1. The Balaban J connectivity index is 1.52. The van der Waals surface area contributed by atoms with Gasteiger partial charge in [-0.2, -0.15) is 4.72 Å². The molecule has 4 aromatic carbocycles. The molecule has 5 rings (SSSR count). The van der Waals surface area contributed by atoms with Crippen molar-refractivity contribution in [3.63, 3.8) is 0 Å². The second-order valence-electron chi connectivity index (χ2n) is 11.3. The topological polar surface area (TPSA) is 139 Å². The molecule has 4 aromatic rings. The standard InChI is InChI=1S/C35H36N4O7S/c1-3-4-10-23-46-32-14-9-8-13-30(32)33-37(34(40)27-17-19-28(20-18-27)39(42)43)38(33)35(41)31(24-26-11-6-5-7-12-26)36-47(44,45)29-21-15-25(2)16-22-29/h5-9,11-22,31,33,36H,3-4,10,23-24H2,1-2H3/t31-,33+,37?,38?/m0/s1. The summed E-state index contributed by atoms with van der Waals surface area (Å²) in [4.78, 5) is 39.0. The normalized spacial score (nSPS) is 14.8. The summed E-state index contributed by atoms with van der Waals surface area (Å²) in [5, 5.41) is 13.7. The van der Waals surface area contributed by atoms with Crippen molar-refractivity contribution >= 4 is 27.5 Å². The molecule has 1 aliphatic rings. The van der Waals surface area contributed by atoms with Crippen molar-refractivity contribution in [2.45, 2.75) is 56.6 Å². The number of amides is 2. The predicted molar refractivity (Wildman–Crippen MR) is 176 cm³/mol. The number of non-ortho nitro benzene ring substituents is 1. The molecule has 0 saturated carbocycles. The molecule has 1 N–H and O–H groups in total. The number of ether oxygens (including phenoxy) is 1. The van der Waals surface area contributed by atoms with Crippen LogP contribution in [0.1, 0.15) is 59.4 Å². The molecule has 1 heterocycles. The molecule has 0 bridgehead atoms. The first kappa shape index (κ1) is 33.3. The third-order valence-corrected chi connectivity index (χ3v) is 9.30. The molecule has 2 amide bonds. The van der Waals surface area contributed by atoms with Crippen molar-refractivity contribution in [3.05, 3.63) is 135 Å². The number of nitro groups is 1. The van der Waals surface area contributed by atoms with E-state index in [0.717, 1.165) is 24.8 Å². The number of rotatable bonds is 14. The summed E-state index contributed by atoms with van der Waals surface area (Å²) in [5.41, 5.74) is 2.08. The van der Waals surface area contributed by atoms with E-state index in [1.54, 1.807) is 60.7 Å². The molecule has 0 radical (unpaired) electrons. The number of para-hydroxylation sites is 1. The van der Waals surface area contributed by atoms with Gasteiger partial charge in [0.05, 0.1) is 16.4 Å². The highest BCUT2D eigenvalue weighted by Gasteiger charge is 2.56. The van der Waals surface area contributed by atoms with Gasteiger partial charge in [-0.15, -0.1) is 0 Å². The molecule has 11 nitrogen and oxygen atoms in total. The van der Waals surface area contributed by atoms with Crippen molar-refractivity contribution in [2.75, 3.05) is 6.61 Å². The molecule has 0 aromatic heterocycles. The number of nitro benzene ring substituents is 1. The number of carbonyl (C=O) groups excluding carboxylic acids is 2. The lowest BCUT2D eigenvalue weighted by Gasteiger charge is -2.19. The van der Waals surface area contributed by atoms with E-state index in [0.29, 0.717) is 23.5 Å². The minimum atomic E-state index is -4.15. The fourth-order valence-corrected chi connectivity index (χ4v) is 6.44. The number of nitrogens with one attached hydrogen (secondary N) is 1. The molecule has 1 fully saturated rings. The number of hydrogen-bond acceptors (Lipinski definition) is 7. The van der Waals surface area contributed by atoms with E-state index in [9.17, 15) is 28.1 Å². The number of aryl methyl sites for hydroxylation is 1. The highest BCUT2D eigenvalue weighted by Crippen LogP contribution is 2.47. The van der Waals surface area contributed by atoms with Crippen molar-refractivity contribution in [1.29, 1.82) is 0 Å². The van der Waals surface area contributed by atoms with Crippen LogP contribution in [0.4, 0.5) is 5.69 Å². The largest absolute Gasteiger partial charge is 0.493 e. The zero-order valence-corrected chi connectivity index (χ0v) is 26.9. The Kier molecular flexibility index (Phi) is 10.3. The Morgan fingerprint density at radius 3 is 2.21 bits per heavy atom. The smallest absolute Gasteiger partial charge is 0.274 e. The second kappa shape index (κ2) is 14.6. The van der Waals surface area contributed by atoms with Crippen LogP contribution in [-0.2, 0) is 21.2 Å². The van der Waals surface area contributed by atoms with Gasteiger partial charge >= 0.3 is 0 Å². The van der Waals surface area contributed by atoms with Crippen LogP contribution in [-0.4, -0.2) is 47.8 Å². The van der Waals surface area contributed by atoms with E-state index >= 15 is 0 Å². The molecule has 0 unspecified atom stereocenters. The average molecular weight is 657 g/mol. The number of sulfonamides is 1. The van der Waals surface area contributed by atoms with Crippen LogP contribution in [0.25, 0.3) is 0 Å². The average Bonchev–Trinajstić information content (AvgIpc) is 3.82. The maximum atomic E-state index is 14.4. The zero-order chi connectivity index (χ0) is 33.6. The highest BCUT2D eigenvalue weighted by molar-refractivity contribution is 7.89. The lowest BCUT2D eigenvalue weighted by molar-refractivity contribution is -0.384. The van der Waals surface area contributed by atoms with E-state index in [2.05, 4.69) is 11.6 Å². The number of carbonyl (C=O) groups is 2. The van der Waals surface area contributed by atoms with Gasteiger partial charge in [0.15, 0.2) is 6.17 Å². The fraction of sp³-hybridized carbons (Fsp3) is 0.257. The van der Waals surface area contributed by atoms with Crippen LogP contribution in [0, 0.1) is 17.0 Å². The minimum absolute atomic E-state index is 0.000876. The predicted octanol–water partition coefficient (Wildman–Crippen LogP) is 5.96. The summed E-state index contributed by atoms with van der Waals surface area (Å²) in [6.07, 6.45) is 1.92. The minimum Gasteiger partial charge on any atom is -0.493 e. The number of nitrogens with zero attached hydrogens (tertiary/aromatic N) is 3. The van der Waals surface area contributed by atoms with Crippen molar-refractivity contribution in [2.24, 2.45) is 0 Å². The molecule has 0 aliphatic carbocycles. The van der Waals surface area contributed by atoms with Gasteiger partial charge in [0.1, 0.15) is 11.8 Å². The molecular weight excluding hydrogens is 620 g/mol. The quantitative estimate of drug-likeness (QED) is 0.0765. The van der Waals surface area contributed by atoms with Crippen LogP contribution in [0.15, 0.2) is 108 Å². The van der Waals surface area contributed by atoms with Gasteiger partial charge in [-0.1, -0.05) is 86.0 Å². The summed E-state index contributed by atoms with van der Waals surface area (Å²) >= 11 is 0. The summed E-state index contributed by atoms with van der Waals surface area (Å²) < 4.78 is 35.8. The van der Waals surface area contributed by atoms with E-state index < -0.39 is 39.0 Å². The number of unbranched alkanes of at least 4 members (excludes halogenated alkanes) is 2. The van der Waals surface area contributed by atoms with Crippen molar-refractivity contribution in [1.82, 2.24) is 14.7 Å². The molecule has 1 aliphatic heterocycles. The Morgan fingerprint density at radius 2 is 1.55 bits per heavy atom. The zero-order valence-electron chi connectivity index (χ0n) is 26.1. The van der Waals surface area contributed by atoms with Gasteiger partial charge in [-0.25, -0.2) is 18.4 Å². The molecule has 1 saturated heterocycles. The molecule has 2 atom stereocenters. The third-order valence-electron chi connectivity index (χ3n) is 7.81. The summed E-state index contributed by atoms with van der Waals surface area (Å²) in [5.74, 6) is -0.741. The lowest BCUT2D eigenvalue weighted by atomic mass is 10.1. The Morgan fingerprint density at radius 1 is 0.894 bits per heavy atom. The van der Waals surface area contributed by atoms with Gasteiger partial charge in [-0.05, 0) is 55.7 Å². The maximum Gasteiger partial charge on any atom is 0.274 e. The molecule has 244 valence electrons. The first-order valence-corrected chi connectivity index (χ1v) is 16.8.